The number of nitriles is 1. The second kappa shape index (κ2) is 12.9. The maximum Gasteiger partial charge on any atom is 0.355 e. The van der Waals surface area contributed by atoms with Crippen LogP contribution in [-0.2, 0) is 6.61 Å². The van der Waals surface area contributed by atoms with Crippen LogP contribution in [0.25, 0.3) is 10.1 Å². The molecule has 0 fully saturated rings. The Labute approximate surface area is 277 Å². The molecule has 0 radical (unpaired) electrons. The molecular weight excluding hydrogens is 655 g/mol. The van der Waals surface area contributed by atoms with E-state index in [2.05, 4.69) is 6.07 Å². The molecule has 2 heterocycles. The Morgan fingerprint density at radius 1 is 0.978 bits per heavy atom. The molecule has 1 aliphatic heterocycles. The lowest BCUT2D eigenvalue weighted by molar-refractivity contribution is 0.0740. The van der Waals surface area contributed by atoms with E-state index in [9.17, 15) is 10.1 Å². The van der Waals surface area contributed by atoms with Crippen LogP contribution < -0.4 is 24.7 Å². The van der Waals surface area contributed by atoms with Gasteiger partial charge in [-0.25, -0.2) is 4.79 Å². The van der Waals surface area contributed by atoms with Crippen LogP contribution in [0.1, 0.15) is 39.2 Å². The number of halogens is 3. The van der Waals surface area contributed by atoms with Crippen LogP contribution in [0.15, 0.2) is 90.3 Å². The van der Waals surface area contributed by atoms with Crippen LogP contribution in [0, 0.1) is 11.3 Å². The molecule has 0 bridgehead atoms. The number of allylic oxidation sites excluding steroid dienone is 1. The molecule has 0 amide bonds. The van der Waals surface area contributed by atoms with Crippen molar-refractivity contribution in [2.24, 2.45) is 5.73 Å². The number of fused-ring (bicyclic) bond motifs is 2. The summed E-state index contributed by atoms with van der Waals surface area (Å²) in [6, 6.07) is 25.3. The highest BCUT2D eigenvalue weighted by Crippen LogP contribution is 2.46. The van der Waals surface area contributed by atoms with Gasteiger partial charge in [0, 0.05) is 32.3 Å². The number of hydrogen-bond acceptors (Lipinski definition) is 8. The fourth-order valence-corrected chi connectivity index (χ4v) is 7.07. The molecule has 45 heavy (non-hydrogen) atoms. The van der Waals surface area contributed by atoms with Gasteiger partial charge in [0.1, 0.15) is 34.6 Å². The van der Waals surface area contributed by atoms with Gasteiger partial charge in [0.15, 0.2) is 11.5 Å². The Hall–Kier alpha value is -4.39. The summed E-state index contributed by atoms with van der Waals surface area (Å²) in [4.78, 5) is 13.4. The van der Waals surface area contributed by atoms with Crippen molar-refractivity contribution in [3.05, 3.63) is 127 Å². The largest absolute Gasteiger partial charge is 0.490 e. The minimum Gasteiger partial charge on any atom is -0.490 e. The van der Waals surface area contributed by atoms with Crippen LogP contribution in [0.3, 0.4) is 0 Å². The fraction of sp³-hybridized carbons (Fsp3) is 0.118. The standard InChI is InChI=1S/C34H23Cl3N2O5S/c1-2-41-27-14-18(10-13-25(27)42-17-19-6-3-4-7-23(19)35)29-21-12-11-20(15-26(21)44-33(39)22(29)16-38)43-34(40)32-31(37)30-24(36)8-5-9-28(30)45-32/h3-15,29H,2,17,39H2,1H3. The van der Waals surface area contributed by atoms with Gasteiger partial charge in [-0.2, -0.15) is 5.26 Å². The van der Waals surface area contributed by atoms with E-state index >= 15 is 0 Å². The number of carbonyl (C=O) groups is 1. The van der Waals surface area contributed by atoms with Gasteiger partial charge in [-0.1, -0.05) is 71.2 Å². The third-order valence-corrected chi connectivity index (χ3v) is 9.44. The van der Waals surface area contributed by atoms with Crippen molar-refractivity contribution in [2.75, 3.05) is 6.61 Å². The molecular formula is C34H23Cl3N2O5S. The molecule has 4 aromatic carbocycles. The van der Waals surface area contributed by atoms with Gasteiger partial charge in [0.2, 0.25) is 5.88 Å². The van der Waals surface area contributed by atoms with E-state index in [1.165, 1.54) is 11.3 Å². The van der Waals surface area contributed by atoms with Crippen LogP contribution in [-0.4, -0.2) is 12.6 Å². The molecule has 5 aromatic rings. The number of nitrogens with two attached hydrogens (primary N) is 1. The molecule has 11 heteroatoms. The second-order valence-electron chi connectivity index (χ2n) is 9.89. The van der Waals surface area contributed by atoms with Crippen LogP contribution in [0.5, 0.6) is 23.0 Å². The average molecular weight is 678 g/mol. The summed E-state index contributed by atoms with van der Waals surface area (Å²) in [6.07, 6.45) is 0. The minimum atomic E-state index is -0.639. The molecule has 1 unspecified atom stereocenters. The number of benzene rings is 4. The highest BCUT2D eigenvalue weighted by atomic mass is 35.5. The highest BCUT2D eigenvalue weighted by molar-refractivity contribution is 7.21. The van der Waals surface area contributed by atoms with Gasteiger partial charge >= 0.3 is 5.97 Å². The zero-order valence-electron chi connectivity index (χ0n) is 23.6. The SMILES string of the molecule is CCOc1cc(C2C(C#N)=C(N)Oc3cc(OC(=O)c4sc5cccc(Cl)c5c4Cl)ccc32)ccc1OCc1ccccc1Cl. The third-order valence-electron chi connectivity index (χ3n) is 7.13. The van der Waals surface area contributed by atoms with Crippen molar-refractivity contribution in [1.82, 2.24) is 0 Å². The van der Waals surface area contributed by atoms with Gasteiger partial charge in [-0.3, -0.25) is 0 Å². The Balaban J connectivity index is 1.30. The molecule has 226 valence electrons. The summed E-state index contributed by atoms with van der Waals surface area (Å²) >= 11 is 20.3. The van der Waals surface area contributed by atoms with Gasteiger partial charge in [0.05, 0.1) is 22.6 Å². The zero-order chi connectivity index (χ0) is 31.7. The van der Waals surface area contributed by atoms with Crippen molar-refractivity contribution in [3.63, 3.8) is 0 Å². The first-order valence-electron chi connectivity index (χ1n) is 13.7. The van der Waals surface area contributed by atoms with E-state index in [-0.39, 0.29) is 33.7 Å². The van der Waals surface area contributed by atoms with Gasteiger partial charge in [-0.05, 0) is 48.9 Å². The summed E-state index contributed by atoms with van der Waals surface area (Å²) in [5.74, 6) is 0.285. The Kier molecular flexibility index (Phi) is 8.79. The van der Waals surface area contributed by atoms with Crippen LogP contribution >= 0.6 is 46.1 Å². The van der Waals surface area contributed by atoms with Crippen molar-refractivity contribution in [3.8, 4) is 29.1 Å². The first-order chi connectivity index (χ1) is 21.8. The highest BCUT2D eigenvalue weighted by Gasteiger charge is 2.32. The number of hydrogen-bond donors (Lipinski definition) is 1. The van der Waals surface area contributed by atoms with Gasteiger partial charge < -0.3 is 24.7 Å². The Bertz CT molecular complexity index is 2030. The van der Waals surface area contributed by atoms with E-state index in [0.717, 1.165) is 15.8 Å². The molecule has 1 aliphatic rings. The van der Waals surface area contributed by atoms with Gasteiger partial charge in [0.25, 0.3) is 0 Å². The molecule has 1 atom stereocenters. The molecule has 0 aliphatic carbocycles. The van der Waals surface area contributed by atoms with Crippen LogP contribution in [0.2, 0.25) is 15.1 Å². The predicted molar refractivity (Wildman–Crippen MR) is 176 cm³/mol. The number of esters is 1. The van der Waals surface area contributed by atoms with E-state index in [4.69, 9.17) is 59.5 Å². The maximum atomic E-state index is 13.1. The third kappa shape index (κ3) is 6.00. The summed E-state index contributed by atoms with van der Waals surface area (Å²) in [5.41, 5.74) is 8.68. The zero-order valence-corrected chi connectivity index (χ0v) is 26.7. The number of carbonyl (C=O) groups excluding carboxylic acids is 1. The minimum absolute atomic E-state index is 0.0577. The summed E-state index contributed by atoms with van der Waals surface area (Å²) in [7, 11) is 0. The maximum absolute atomic E-state index is 13.1. The molecule has 7 nitrogen and oxygen atoms in total. The normalized spacial score (nSPS) is 14.0. The van der Waals surface area contributed by atoms with E-state index < -0.39 is 11.9 Å². The lowest BCUT2D eigenvalue weighted by atomic mass is 9.83. The molecule has 0 spiro atoms. The average Bonchev–Trinajstić information content (AvgIpc) is 3.38. The number of nitrogens with zero attached hydrogens (tertiary/aromatic N) is 1. The first-order valence-corrected chi connectivity index (χ1v) is 15.7. The first kappa shape index (κ1) is 30.6. The van der Waals surface area contributed by atoms with Crippen molar-refractivity contribution in [1.29, 1.82) is 5.26 Å². The summed E-state index contributed by atoms with van der Waals surface area (Å²) in [6.45, 7) is 2.51. The van der Waals surface area contributed by atoms with E-state index in [1.807, 2.05) is 43.3 Å². The number of rotatable bonds is 8. The molecule has 6 rings (SSSR count). The van der Waals surface area contributed by atoms with Crippen LogP contribution in [0.4, 0.5) is 0 Å². The lowest BCUT2D eigenvalue weighted by Gasteiger charge is -2.27. The topological polar surface area (TPSA) is 104 Å². The molecule has 1 aromatic heterocycles. The molecule has 0 saturated carbocycles. The second-order valence-corrected chi connectivity index (χ2v) is 12.1. The lowest BCUT2D eigenvalue weighted by Crippen LogP contribution is -2.21. The summed E-state index contributed by atoms with van der Waals surface area (Å²) in [5, 5.41) is 11.9. The Morgan fingerprint density at radius 3 is 2.53 bits per heavy atom. The smallest absolute Gasteiger partial charge is 0.355 e. The Morgan fingerprint density at radius 2 is 1.78 bits per heavy atom. The number of thiophene rings is 1. The van der Waals surface area contributed by atoms with E-state index in [1.54, 1.807) is 42.5 Å². The summed E-state index contributed by atoms with van der Waals surface area (Å²) < 4.78 is 24.3. The van der Waals surface area contributed by atoms with E-state index in [0.29, 0.717) is 44.9 Å². The van der Waals surface area contributed by atoms with Crippen molar-refractivity contribution in [2.45, 2.75) is 19.4 Å². The monoisotopic (exact) mass is 676 g/mol. The van der Waals surface area contributed by atoms with Crippen molar-refractivity contribution < 1.29 is 23.7 Å². The van der Waals surface area contributed by atoms with Gasteiger partial charge in [-0.15, -0.1) is 11.3 Å². The molecule has 0 saturated heterocycles. The number of ether oxygens (including phenoxy) is 4. The quantitative estimate of drug-likeness (QED) is 0.129. The fourth-order valence-electron chi connectivity index (χ4n) is 5.06. The molecule has 2 N–H and O–H groups in total. The van der Waals surface area contributed by atoms with Crippen molar-refractivity contribution >= 4 is 62.2 Å². The predicted octanol–water partition coefficient (Wildman–Crippen LogP) is 9.28.